The normalized spacial score (nSPS) is 16.1. The van der Waals surface area contributed by atoms with Gasteiger partial charge in [-0.25, -0.2) is 4.39 Å². The van der Waals surface area contributed by atoms with Crippen LogP contribution in [0, 0.1) is 5.82 Å². The van der Waals surface area contributed by atoms with E-state index in [1.807, 2.05) is 0 Å². The van der Waals surface area contributed by atoms with E-state index in [-0.39, 0.29) is 11.7 Å². The van der Waals surface area contributed by atoms with Gasteiger partial charge in [-0.2, -0.15) is 0 Å². The third-order valence-corrected chi connectivity index (χ3v) is 3.06. The van der Waals surface area contributed by atoms with Crippen LogP contribution in [0.1, 0.15) is 6.92 Å². The standard InChI is InChI=1S/C12H16FN3O/c1-9(17)15-4-6-16(7-5-15)12-3-2-10(13)8-11(12)14/h2-3,8H,4-7,14H2,1H3. The van der Waals surface area contributed by atoms with Crippen molar-refractivity contribution in [3.8, 4) is 0 Å². The van der Waals surface area contributed by atoms with Gasteiger partial charge in [0.05, 0.1) is 11.4 Å². The second-order valence-electron chi connectivity index (χ2n) is 4.20. The summed E-state index contributed by atoms with van der Waals surface area (Å²) < 4.78 is 12.9. The van der Waals surface area contributed by atoms with E-state index in [0.717, 1.165) is 18.8 Å². The fourth-order valence-corrected chi connectivity index (χ4v) is 2.08. The Morgan fingerprint density at radius 2 is 1.94 bits per heavy atom. The SMILES string of the molecule is CC(=O)N1CCN(c2ccc(F)cc2N)CC1. The van der Waals surface area contributed by atoms with Crippen LogP contribution >= 0.6 is 0 Å². The first kappa shape index (κ1) is 11.7. The van der Waals surface area contributed by atoms with Crippen molar-refractivity contribution in [3.63, 3.8) is 0 Å². The van der Waals surface area contributed by atoms with Gasteiger partial charge in [-0.05, 0) is 18.2 Å². The van der Waals surface area contributed by atoms with E-state index in [0.29, 0.717) is 18.8 Å². The van der Waals surface area contributed by atoms with Crippen molar-refractivity contribution in [3.05, 3.63) is 24.0 Å². The van der Waals surface area contributed by atoms with E-state index in [4.69, 9.17) is 5.73 Å². The maximum atomic E-state index is 12.9. The number of amides is 1. The first-order valence-corrected chi connectivity index (χ1v) is 5.63. The Bertz CT molecular complexity index is 428. The largest absolute Gasteiger partial charge is 0.397 e. The van der Waals surface area contributed by atoms with Gasteiger partial charge in [0.15, 0.2) is 0 Å². The molecule has 0 bridgehead atoms. The van der Waals surface area contributed by atoms with Crippen molar-refractivity contribution in [1.29, 1.82) is 0 Å². The molecule has 0 atom stereocenters. The highest BCUT2D eigenvalue weighted by molar-refractivity contribution is 5.74. The van der Waals surface area contributed by atoms with Gasteiger partial charge in [0.1, 0.15) is 5.82 Å². The first-order chi connectivity index (χ1) is 8.08. The fourth-order valence-electron chi connectivity index (χ4n) is 2.08. The predicted octanol–water partition coefficient (Wildman–Crippen LogP) is 1.08. The zero-order chi connectivity index (χ0) is 12.4. The number of rotatable bonds is 1. The van der Waals surface area contributed by atoms with Crippen molar-refractivity contribution >= 4 is 17.3 Å². The molecule has 2 rings (SSSR count). The van der Waals surface area contributed by atoms with Crippen molar-refractivity contribution < 1.29 is 9.18 Å². The van der Waals surface area contributed by atoms with E-state index in [1.165, 1.54) is 12.1 Å². The molecule has 1 fully saturated rings. The molecule has 1 amide bonds. The van der Waals surface area contributed by atoms with Gasteiger partial charge >= 0.3 is 0 Å². The van der Waals surface area contributed by atoms with Gasteiger partial charge < -0.3 is 15.5 Å². The molecule has 0 aliphatic carbocycles. The Labute approximate surface area is 99.8 Å². The fraction of sp³-hybridized carbons (Fsp3) is 0.417. The van der Waals surface area contributed by atoms with Gasteiger partial charge in [0, 0.05) is 33.1 Å². The minimum atomic E-state index is -0.325. The van der Waals surface area contributed by atoms with E-state index in [2.05, 4.69) is 4.90 Å². The molecule has 1 saturated heterocycles. The van der Waals surface area contributed by atoms with Gasteiger partial charge in [0.25, 0.3) is 0 Å². The summed E-state index contributed by atoms with van der Waals surface area (Å²) in [5.41, 5.74) is 7.07. The van der Waals surface area contributed by atoms with Gasteiger partial charge in [-0.1, -0.05) is 0 Å². The highest BCUT2D eigenvalue weighted by Crippen LogP contribution is 2.24. The summed E-state index contributed by atoms with van der Waals surface area (Å²) in [4.78, 5) is 15.1. The van der Waals surface area contributed by atoms with Crippen LogP contribution in [0.25, 0.3) is 0 Å². The van der Waals surface area contributed by atoms with Crippen LogP contribution in [0.15, 0.2) is 18.2 Å². The molecule has 1 heterocycles. The van der Waals surface area contributed by atoms with Crippen LogP contribution in [-0.2, 0) is 4.79 Å². The van der Waals surface area contributed by atoms with Gasteiger partial charge in [-0.3, -0.25) is 4.79 Å². The number of benzene rings is 1. The highest BCUT2D eigenvalue weighted by atomic mass is 19.1. The minimum Gasteiger partial charge on any atom is -0.397 e. The Kier molecular flexibility index (Phi) is 3.17. The lowest BCUT2D eigenvalue weighted by molar-refractivity contribution is -0.129. The van der Waals surface area contributed by atoms with E-state index < -0.39 is 0 Å². The Morgan fingerprint density at radius 1 is 1.29 bits per heavy atom. The lowest BCUT2D eigenvalue weighted by atomic mass is 10.2. The molecule has 4 nitrogen and oxygen atoms in total. The second kappa shape index (κ2) is 4.61. The molecule has 1 aromatic rings. The molecule has 0 aromatic heterocycles. The predicted molar refractivity (Wildman–Crippen MR) is 65.3 cm³/mol. The molecule has 0 spiro atoms. The van der Waals surface area contributed by atoms with Gasteiger partial charge in [0.2, 0.25) is 5.91 Å². The quantitative estimate of drug-likeness (QED) is 0.743. The first-order valence-electron chi connectivity index (χ1n) is 5.63. The Hall–Kier alpha value is -1.78. The van der Waals surface area contributed by atoms with Crippen molar-refractivity contribution in [2.45, 2.75) is 6.92 Å². The molecule has 17 heavy (non-hydrogen) atoms. The van der Waals surface area contributed by atoms with Crippen LogP contribution < -0.4 is 10.6 Å². The molecule has 0 radical (unpaired) electrons. The Morgan fingerprint density at radius 3 is 2.47 bits per heavy atom. The smallest absolute Gasteiger partial charge is 0.219 e. The summed E-state index contributed by atoms with van der Waals surface area (Å²) >= 11 is 0. The third-order valence-electron chi connectivity index (χ3n) is 3.06. The lowest BCUT2D eigenvalue weighted by Gasteiger charge is -2.36. The molecule has 0 saturated carbocycles. The number of nitrogens with zero attached hydrogens (tertiary/aromatic N) is 2. The molecule has 92 valence electrons. The summed E-state index contributed by atoms with van der Waals surface area (Å²) in [6.07, 6.45) is 0. The van der Waals surface area contributed by atoms with Crippen molar-refractivity contribution in [1.82, 2.24) is 4.90 Å². The lowest BCUT2D eigenvalue weighted by Crippen LogP contribution is -2.48. The summed E-state index contributed by atoms with van der Waals surface area (Å²) in [7, 11) is 0. The van der Waals surface area contributed by atoms with E-state index in [1.54, 1.807) is 17.9 Å². The molecule has 2 N–H and O–H groups in total. The summed E-state index contributed by atoms with van der Waals surface area (Å²) in [5.74, 6) is -0.231. The number of piperazine rings is 1. The molecule has 0 unspecified atom stereocenters. The van der Waals surface area contributed by atoms with Crippen LogP contribution in [0.4, 0.5) is 15.8 Å². The van der Waals surface area contributed by atoms with E-state index >= 15 is 0 Å². The molecule has 5 heteroatoms. The van der Waals surface area contributed by atoms with Crippen molar-refractivity contribution in [2.24, 2.45) is 0 Å². The number of carbonyl (C=O) groups excluding carboxylic acids is 1. The highest BCUT2D eigenvalue weighted by Gasteiger charge is 2.19. The number of carbonyl (C=O) groups is 1. The molecule has 1 aliphatic rings. The van der Waals surface area contributed by atoms with Crippen molar-refractivity contribution in [2.75, 3.05) is 36.8 Å². The minimum absolute atomic E-state index is 0.0942. The number of halogens is 1. The summed E-state index contributed by atoms with van der Waals surface area (Å²) in [6.45, 7) is 4.41. The zero-order valence-corrected chi connectivity index (χ0v) is 9.82. The zero-order valence-electron chi connectivity index (χ0n) is 9.82. The van der Waals surface area contributed by atoms with Crippen LogP contribution in [0.5, 0.6) is 0 Å². The number of hydrogen-bond acceptors (Lipinski definition) is 3. The maximum Gasteiger partial charge on any atom is 0.219 e. The topological polar surface area (TPSA) is 49.6 Å². The second-order valence-corrected chi connectivity index (χ2v) is 4.20. The average molecular weight is 237 g/mol. The number of nitrogens with two attached hydrogens (primary N) is 1. The average Bonchev–Trinajstić information content (AvgIpc) is 2.29. The summed E-state index contributed by atoms with van der Waals surface area (Å²) in [5, 5.41) is 0. The monoisotopic (exact) mass is 237 g/mol. The van der Waals surface area contributed by atoms with Crippen LogP contribution in [0.2, 0.25) is 0 Å². The Balaban J connectivity index is 2.08. The number of hydrogen-bond donors (Lipinski definition) is 1. The molecule has 1 aromatic carbocycles. The number of anilines is 2. The summed E-state index contributed by atoms with van der Waals surface area (Å²) in [6, 6.07) is 4.42. The number of nitrogen functional groups attached to an aromatic ring is 1. The molecule has 1 aliphatic heterocycles. The van der Waals surface area contributed by atoms with Crippen LogP contribution in [-0.4, -0.2) is 37.0 Å². The third kappa shape index (κ3) is 2.49. The molecular formula is C12H16FN3O. The van der Waals surface area contributed by atoms with Gasteiger partial charge in [-0.15, -0.1) is 0 Å². The maximum absolute atomic E-state index is 12.9. The molecular weight excluding hydrogens is 221 g/mol. The van der Waals surface area contributed by atoms with E-state index in [9.17, 15) is 9.18 Å². The van der Waals surface area contributed by atoms with Crippen LogP contribution in [0.3, 0.4) is 0 Å².